The molecule has 1 saturated heterocycles. The standard InChI is InChI=1S/C47H73N7O12S3/c1-9-13-40(58)65-28-54(46(62)41(30(5)10-2)50-44(61)37-14-11-12-19-53(37)8)38(29(3)4)26-39(66-32(7)56)45-49-36(27-67-45)43(60)48-34(25-33-15-17-35(57)18-16-33)24-31(6)42(59)51-52-47(63)64-21-23-69-68-22-20-55/h15-18,27,29-31,34,37-39,41,55,57H,9-14,19-26,28H2,1-8H3,(H,48,60)(H,50,61)(H,51,59)(H,52,63)/t30?,31-,34+,37+,38+,39+,41-/m0/s1. The van der Waals surface area contributed by atoms with Crippen molar-refractivity contribution in [1.29, 1.82) is 0 Å². The number of carbonyl (C=O) groups excluding carboxylic acids is 7. The van der Waals surface area contributed by atoms with Gasteiger partial charge in [0.15, 0.2) is 12.8 Å². The lowest BCUT2D eigenvalue weighted by molar-refractivity contribution is -0.160. The lowest BCUT2D eigenvalue weighted by Gasteiger charge is -2.39. The summed E-state index contributed by atoms with van der Waals surface area (Å²) in [6.45, 7) is 12.8. The van der Waals surface area contributed by atoms with Gasteiger partial charge in [-0.1, -0.05) is 88.1 Å². The summed E-state index contributed by atoms with van der Waals surface area (Å²) in [5.74, 6) is -3.15. The van der Waals surface area contributed by atoms with Gasteiger partial charge in [-0.2, -0.15) is 0 Å². The van der Waals surface area contributed by atoms with Gasteiger partial charge in [0.1, 0.15) is 29.1 Å². The van der Waals surface area contributed by atoms with Crippen LogP contribution in [0, 0.1) is 17.8 Å². The van der Waals surface area contributed by atoms with E-state index in [-0.39, 0.29) is 73.1 Å². The summed E-state index contributed by atoms with van der Waals surface area (Å²) in [6, 6.07) is 3.71. The van der Waals surface area contributed by atoms with Crippen LogP contribution in [0.5, 0.6) is 5.75 Å². The zero-order valence-corrected chi connectivity index (χ0v) is 43.6. The van der Waals surface area contributed by atoms with E-state index >= 15 is 0 Å². The number of amides is 5. The average molecular weight is 1020 g/mol. The normalized spacial score (nSPS) is 16.5. The molecule has 5 amide bonds. The number of likely N-dealkylation sites (tertiary alicyclic amines) is 1. The first kappa shape index (κ1) is 58.7. The van der Waals surface area contributed by atoms with E-state index < -0.39 is 78.7 Å². The Labute approximate surface area is 418 Å². The summed E-state index contributed by atoms with van der Waals surface area (Å²) in [5.41, 5.74) is 5.35. The number of aliphatic hydroxyl groups is 1. The summed E-state index contributed by atoms with van der Waals surface area (Å²) in [6.07, 6.45) is 2.26. The second kappa shape index (κ2) is 30.9. The summed E-state index contributed by atoms with van der Waals surface area (Å²) in [7, 11) is 4.77. The minimum atomic E-state index is -1.05. The number of phenolic OH excluding ortho intramolecular Hbond substituents is 1. The Balaban J connectivity index is 1.87. The fraction of sp³-hybridized carbons (Fsp3) is 0.660. The number of phenols is 1. The number of hydrogen-bond donors (Lipinski definition) is 6. The third-order valence-electron chi connectivity index (χ3n) is 11.7. The van der Waals surface area contributed by atoms with Crippen LogP contribution >= 0.6 is 32.9 Å². The van der Waals surface area contributed by atoms with Crippen molar-refractivity contribution >= 4 is 74.6 Å². The molecule has 7 atom stereocenters. The maximum absolute atomic E-state index is 14.9. The van der Waals surface area contributed by atoms with Crippen LogP contribution in [-0.2, 0) is 44.6 Å². The maximum Gasteiger partial charge on any atom is 0.426 e. The van der Waals surface area contributed by atoms with Crippen molar-refractivity contribution in [2.45, 2.75) is 137 Å². The van der Waals surface area contributed by atoms with Gasteiger partial charge >= 0.3 is 18.0 Å². The SMILES string of the molecule is CCCC(=O)OCN(C(=O)[C@@H](NC(=O)[C@H]1CCCCN1C)C(C)CC)[C@H](C[C@@H](OC(C)=O)c1nc(C(=O)N[C@@H](Cc2ccc(O)cc2)C[C@H](C)C(=O)NNC(=O)OCCSSCCO)cs1)C(C)C. The minimum absolute atomic E-state index is 0.00653. The quantitative estimate of drug-likeness (QED) is 0.0153. The van der Waals surface area contributed by atoms with Crippen LogP contribution < -0.4 is 21.5 Å². The van der Waals surface area contributed by atoms with Gasteiger partial charge < -0.3 is 40.0 Å². The lowest BCUT2D eigenvalue weighted by Crippen LogP contribution is -2.59. The Hall–Kier alpha value is -4.64. The van der Waals surface area contributed by atoms with Gasteiger partial charge in [-0.25, -0.2) is 15.2 Å². The van der Waals surface area contributed by atoms with Crippen LogP contribution in [0.15, 0.2) is 29.6 Å². The second-order valence-corrected chi connectivity index (χ2v) is 21.2. The average Bonchev–Trinajstić information content (AvgIpc) is 3.81. The van der Waals surface area contributed by atoms with Crippen molar-refractivity contribution < 1.29 is 58.0 Å². The molecule has 19 nitrogen and oxygen atoms in total. The van der Waals surface area contributed by atoms with Crippen molar-refractivity contribution in [1.82, 2.24) is 36.3 Å². The van der Waals surface area contributed by atoms with Crippen molar-refractivity contribution in [2.75, 3.05) is 45.0 Å². The summed E-state index contributed by atoms with van der Waals surface area (Å²) >= 11 is 1.08. The smallest absolute Gasteiger partial charge is 0.426 e. The fourth-order valence-electron chi connectivity index (χ4n) is 7.67. The first-order chi connectivity index (χ1) is 32.9. The highest BCUT2D eigenvalue weighted by atomic mass is 33.1. The molecule has 0 saturated carbocycles. The van der Waals surface area contributed by atoms with E-state index in [9.17, 15) is 38.7 Å². The zero-order valence-electron chi connectivity index (χ0n) is 41.2. The largest absolute Gasteiger partial charge is 0.508 e. The number of aromatic hydroxyl groups is 1. The highest BCUT2D eigenvalue weighted by Crippen LogP contribution is 2.32. The number of nitrogens with zero attached hydrogens (tertiary/aromatic N) is 3. The first-order valence-electron chi connectivity index (χ1n) is 23.6. The van der Waals surface area contributed by atoms with E-state index in [2.05, 4.69) is 26.5 Å². The summed E-state index contributed by atoms with van der Waals surface area (Å²) in [4.78, 5) is 101. The molecule has 0 bridgehead atoms. The Bertz CT molecular complexity index is 1960. The molecule has 1 aromatic heterocycles. The first-order valence-corrected chi connectivity index (χ1v) is 27.0. The number of aromatic nitrogens is 1. The van der Waals surface area contributed by atoms with E-state index in [0.29, 0.717) is 30.8 Å². The molecule has 1 aromatic carbocycles. The molecule has 1 aliphatic rings. The molecule has 1 unspecified atom stereocenters. The van der Waals surface area contributed by atoms with Crippen molar-refractivity contribution in [3.63, 3.8) is 0 Å². The molecule has 2 aromatic rings. The van der Waals surface area contributed by atoms with Crippen molar-refractivity contribution in [3.8, 4) is 5.75 Å². The Kier molecular flexibility index (Phi) is 26.2. The Morgan fingerprint density at radius 1 is 0.957 bits per heavy atom. The highest BCUT2D eigenvalue weighted by molar-refractivity contribution is 8.76. The number of hydrogen-bond acceptors (Lipinski definition) is 17. The van der Waals surface area contributed by atoms with Crippen LogP contribution in [0.1, 0.15) is 127 Å². The van der Waals surface area contributed by atoms with Crippen LogP contribution in [0.2, 0.25) is 0 Å². The summed E-state index contributed by atoms with van der Waals surface area (Å²) < 4.78 is 16.6. The molecule has 1 fully saturated rings. The number of rotatable bonds is 28. The van der Waals surface area contributed by atoms with Crippen LogP contribution in [-0.4, -0.2) is 136 Å². The van der Waals surface area contributed by atoms with Crippen molar-refractivity contribution in [3.05, 3.63) is 45.9 Å². The molecule has 6 N–H and O–H groups in total. The van der Waals surface area contributed by atoms with Crippen LogP contribution in [0.3, 0.4) is 0 Å². The van der Waals surface area contributed by atoms with E-state index in [1.807, 2.05) is 46.6 Å². The van der Waals surface area contributed by atoms with Gasteiger partial charge in [0.25, 0.3) is 5.91 Å². The number of esters is 2. The molecule has 0 radical (unpaired) electrons. The summed E-state index contributed by atoms with van der Waals surface area (Å²) in [5, 5.41) is 26.6. The van der Waals surface area contributed by atoms with E-state index in [4.69, 9.17) is 19.3 Å². The van der Waals surface area contributed by atoms with Crippen LogP contribution in [0.25, 0.3) is 0 Å². The number of likely N-dealkylation sites (N-methyl/N-ethyl adjacent to an activating group) is 1. The highest BCUT2D eigenvalue weighted by Gasteiger charge is 2.39. The number of aliphatic hydroxyl groups excluding tert-OH is 1. The van der Waals surface area contributed by atoms with Gasteiger partial charge in [-0.3, -0.25) is 39.1 Å². The van der Waals surface area contributed by atoms with E-state index in [0.717, 1.165) is 36.3 Å². The third-order valence-corrected chi connectivity index (χ3v) is 15.0. The monoisotopic (exact) mass is 1020 g/mol. The Morgan fingerprint density at radius 3 is 2.30 bits per heavy atom. The van der Waals surface area contributed by atoms with Crippen molar-refractivity contribution in [2.24, 2.45) is 17.8 Å². The zero-order chi connectivity index (χ0) is 51.0. The Morgan fingerprint density at radius 2 is 1.67 bits per heavy atom. The molecule has 1 aliphatic heterocycles. The van der Waals surface area contributed by atoms with Gasteiger partial charge in [0, 0.05) is 54.7 Å². The molecular weight excluding hydrogens is 951 g/mol. The second-order valence-electron chi connectivity index (χ2n) is 17.6. The molecule has 0 spiro atoms. The van der Waals surface area contributed by atoms with Gasteiger partial charge in [-0.05, 0) is 75.2 Å². The molecule has 22 heteroatoms. The number of piperidine rings is 1. The third kappa shape index (κ3) is 20.3. The molecule has 2 heterocycles. The predicted molar refractivity (Wildman–Crippen MR) is 266 cm³/mol. The van der Waals surface area contributed by atoms with E-state index in [1.54, 1.807) is 19.1 Å². The number of benzene rings is 1. The fourth-order valence-corrected chi connectivity index (χ4v) is 10.1. The minimum Gasteiger partial charge on any atom is -0.508 e. The molecule has 0 aliphatic carbocycles. The molecule has 69 heavy (non-hydrogen) atoms. The van der Waals surface area contributed by atoms with Gasteiger partial charge in [-0.15, -0.1) is 11.3 Å². The number of ether oxygens (including phenoxy) is 3. The molecular formula is C47H73N7O12S3. The van der Waals surface area contributed by atoms with Gasteiger partial charge in [0.2, 0.25) is 17.7 Å². The van der Waals surface area contributed by atoms with E-state index in [1.165, 1.54) is 50.9 Å². The number of thiazole rings is 1. The number of carbonyl (C=O) groups is 7. The number of nitrogens with one attached hydrogen (secondary N) is 4. The molecule has 386 valence electrons. The predicted octanol–water partition coefficient (Wildman–Crippen LogP) is 5.51. The molecule has 3 rings (SSSR count). The van der Waals surface area contributed by atoms with Crippen LogP contribution in [0.4, 0.5) is 4.79 Å². The number of hydrazine groups is 1. The topological polar surface area (TPSA) is 255 Å². The lowest BCUT2D eigenvalue weighted by atomic mass is 9.92. The van der Waals surface area contributed by atoms with Gasteiger partial charge in [0.05, 0.1) is 12.6 Å². The maximum atomic E-state index is 14.9.